The Hall–Kier alpha value is -1.17. The zero-order valence-electron chi connectivity index (χ0n) is 24.6. The number of benzene rings is 1. The van der Waals surface area contributed by atoms with Crippen LogP contribution in [-0.4, -0.2) is 60.2 Å². The van der Waals surface area contributed by atoms with E-state index in [0.29, 0.717) is 49.1 Å². The van der Waals surface area contributed by atoms with Gasteiger partial charge in [-0.05, 0) is 80.2 Å². The van der Waals surface area contributed by atoms with E-state index in [9.17, 15) is 9.90 Å². The average Bonchev–Trinajstić information content (AvgIpc) is 2.82. The molecule has 2 atom stereocenters. The van der Waals surface area contributed by atoms with Crippen molar-refractivity contribution in [2.75, 3.05) is 18.5 Å². The van der Waals surface area contributed by atoms with Crippen molar-refractivity contribution < 1.29 is 23.5 Å². The summed E-state index contributed by atoms with van der Waals surface area (Å²) in [5.41, 5.74) is 0.276. The van der Waals surface area contributed by atoms with Crippen LogP contribution in [0.15, 0.2) is 10.5 Å². The van der Waals surface area contributed by atoms with Crippen molar-refractivity contribution in [3.8, 4) is 0 Å². The van der Waals surface area contributed by atoms with Crippen LogP contribution in [0.3, 0.4) is 0 Å². The van der Waals surface area contributed by atoms with E-state index >= 15 is 4.39 Å². The van der Waals surface area contributed by atoms with Crippen LogP contribution in [0.5, 0.6) is 0 Å². The third-order valence-corrected chi connectivity index (χ3v) is 13.9. The van der Waals surface area contributed by atoms with Gasteiger partial charge in [0.05, 0.1) is 21.8 Å². The second kappa shape index (κ2) is 12.6. The van der Waals surface area contributed by atoms with Crippen molar-refractivity contribution in [1.82, 2.24) is 9.88 Å². The Kier molecular flexibility index (Phi) is 10.5. The number of aromatic nitrogens is 1. The number of halogens is 4. The van der Waals surface area contributed by atoms with Crippen molar-refractivity contribution >= 4 is 70.1 Å². The summed E-state index contributed by atoms with van der Waals surface area (Å²) in [7, 11) is -1.97. The predicted molar refractivity (Wildman–Crippen MR) is 166 cm³/mol. The number of likely N-dealkylation sites (tertiary alicyclic amines) is 1. The van der Waals surface area contributed by atoms with Crippen molar-refractivity contribution in [2.24, 2.45) is 0 Å². The van der Waals surface area contributed by atoms with Crippen LogP contribution in [-0.2, 0) is 15.8 Å². The summed E-state index contributed by atoms with van der Waals surface area (Å²) in [6, 6.07) is 1.35. The van der Waals surface area contributed by atoms with Gasteiger partial charge in [0.1, 0.15) is 16.3 Å². The summed E-state index contributed by atoms with van der Waals surface area (Å²) in [5.74, 6) is -0.627. The summed E-state index contributed by atoms with van der Waals surface area (Å²) in [4.78, 5) is 19.1. The maximum atomic E-state index is 15.1. The van der Waals surface area contributed by atoms with Gasteiger partial charge < -0.3 is 24.5 Å². The van der Waals surface area contributed by atoms with Gasteiger partial charge in [0.2, 0.25) is 0 Å². The number of nitrogens with zero attached hydrogens (tertiary/aromatic N) is 2. The van der Waals surface area contributed by atoms with Crippen LogP contribution in [0.4, 0.5) is 14.9 Å². The second-order valence-corrected chi connectivity index (χ2v) is 19.3. The fourth-order valence-corrected chi connectivity index (χ4v) is 6.31. The molecule has 1 saturated heterocycles. The Morgan fingerprint density at radius 3 is 2.50 bits per heavy atom. The van der Waals surface area contributed by atoms with Gasteiger partial charge in [-0.1, -0.05) is 44.0 Å². The number of piperidine rings is 1. The van der Waals surface area contributed by atoms with E-state index in [4.69, 9.17) is 32.4 Å². The average molecular weight is 682 g/mol. The standard InChI is InChI=1S/C28H41BrCl2FN3O4Si/c1-27(2,3)39-26(37)35-11-9-16(13-17(35)10-12-38-40(7,8)28(4,5)6)33-23-18-14-20(30)21(29)22(32)24(18)34-25(31)19(23)15-36/h14,16-17,36H,9-13,15H2,1-8H3,(H,33,34)/t16-,17+/m0/s1. The summed E-state index contributed by atoms with van der Waals surface area (Å²) < 4.78 is 27.3. The fourth-order valence-electron chi connectivity index (χ4n) is 4.51. The molecule has 0 radical (unpaired) electrons. The topological polar surface area (TPSA) is 83.9 Å². The van der Waals surface area contributed by atoms with Crippen molar-refractivity contribution in [3.05, 3.63) is 32.1 Å². The highest BCUT2D eigenvalue weighted by atomic mass is 79.9. The first-order valence-electron chi connectivity index (χ1n) is 13.5. The highest BCUT2D eigenvalue weighted by molar-refractivity contribution is 9.10. The second-order valence-electron chi connectivity index (χ2n) is 12.9. The van der Waals surface area contributed by atoms with Gasteiger partial charge >= 0.3 is 6.09 Å². The highest BCUT2D eigenvalue weighted by Crippen LogP contribution is 2.40. The number of fused-ring (bicyclic) bond motifs is 1. The number of aliphatic hydroxyl groups excluding tert-OH is 1. The van der Waals surface area contributed by atoms with Crippen LogP contribution in [0.1, 0.15) is 66.4 Å². The number of anilines is 1. The monoisotopic (exact) mass is 679 g/mol. The molecule has 224 valence electrons. The normalized spacial score (nSPS) is 18.8. The number of rotatable bonds is 7. The van der Waals surface area contributed by atoms with Crippen LogP contribution in [0.25, 0.3) is 10.9 Å². The highest BCUT2D eigenvalue weighted by Gasteiger charge is 2.39. The van der Waals surface area contributed by atoms with E-state index in [1.165, 1.54) is 0 Å². The molecule has 7 nitrogen and oxygen atoms in total. The quantitative estimate of drug-likeness (QED) is 0.173. The summed E-state index contributed by atoms with van der Waals surface area (Å²) in [6.45, 7) is 17.2. The number of nitrogens with one attached hydrogen (secondary N) is 1. The molecule has 2 heterocycles. The molecule has 1 aliphatic rings. The molecular weight excluding hydrogens is 640 g/mol. The van der Waals surface area contributed by atoms with E-state index in [-0.39, 0.29) is 50.0 Å². The molecule has 12 heteroatoms. The van der Waals surface area contributed by atoms with E-state index in [2.05, 4.69) is 60.1 Å². The third kappa shape index (κ3) is 7.61. The van der Waals surface area contributed by atoms with Crippen molar-refractivity contribution in [1.29, 1.82) is 0 Å². The number of hydrogen-bond acceptors (Lipinski definition) is 6. The number of amides is 1. The Balaban J connectivity index is 1.91. The van der Waals surface area contributed by atoms with Crippen LogP contribution < -0.4 is 5.32 Å². The number of pyridine rings is 1. The lowest BCUT2D eigenvalue weighted by atomic mass is 9.94. The van der Waals surface area contributed by atoms with Crippen molar-refractivity contribution in [2.45, 2.75) is 103 Å². The first-order chi connectivity index (χ1) is 18.4. The van der Waals surface area contributed by atoms with E-state index in [1.807, 2.05) is 20.8 Å². The molecule has 2 N–H and O–H groups in total. The maximum absolute atomic E-state index is 15.1. The van der Waals surface area contributed by atoms with Gasteiger partial charge in [-0.15, -0.1) is 0 Å². The molecule has 0 unspecified atom stereocenters. The molecule has 0 saturated carbocycles. The van der Waals surface area contributed by atoms with E-state index in [1.54, 1.807) is 11.0 Å². The van der Waals surface area contributed by atoms with Gasteiger partial charge in [0.15, 0.2) is 14.1 Å². The van der Waals surface area contributed by atoms with E-state index < -0.39 is 19.7 Å². The predicted octanol–water partition coefficient (Wildman–Crippen LogP) is 8.53. The van der Waals surface area contributed by atoms with Gasteiger partial charge in [0, 0.05) is 36.2 Å². The lowest BCUT2D eigenvalue weighted by molar-refractivity contribution is 0.00624. The molecule has 0 aliphatic carbocycles. The zero-order valence-corrected chi connectivity index (χ0v) is 28.7. The van der Waals surface area contributed by atoms with Gasteiger partial charge in [-0.25, -0.2) is 14.2 Å². The van der Waals surface area contributed by atoms with E-state index in [0.717, 1.165) is 0 Å². The summed E-state index contributed by atoms with van der Waals surface area (Å²) >= 11 is 15.8. The largest absolute Gasteiger partial charge is 0.444 e. The molecule has 3 rings (SSSR count). The fraction of sp³-hybridized carbons (Fsp3) is 0.643. The molecule has 40 heavy (non-hydrogen) atoms. The molecule has 0 bridgehead atoms. The minimum absolute atomic E-state index is 0.0103. The Labute approximate surface area is 256 Å². The van der Waals surface area contributed by atoms with Crippen LogP contribution in [0.2, 0.25) is 28.3 Å². The minimum atomic E-state index is -1.97. The van der Waals surface area contributed by atoms with Gasteiger partial charge in [-0.3, -0.25) is 0 Å². The summed E-state index contributed by atoms with van der Waals surface area (Å²) in [5, 5.41) is 14.3. The molecule has 1 fully saturated rings. The number of carbonyl (C=O) groups excluding carboxylic acids is 1. The van der Waals surface area contributed by atoms with Crippen LogP contribution in [0, 0.1) is 5.82 Å². The SMILES string of the molecule is CC(C)(C)OC(=O)N1CC[C@H](Nc2c(CO)c(Cl)nc3c(F)c(Br)c(Cl)cc23)C[C@H]1CCO[Si](C)(C)C(C)(C)C. The number of aliphatic hydroxyl groups is 1. The molecular formula is C28H41BrCl2FN3O4Si. The number of carbonyl (C=O) groups is 1. The van der Waals surface area contributed by atoms with Crippen LogP contribution >= 0.6 is 39.1 Å². The smallest absolute Gasteiger partial charge is 0.410 e. The maximum Gasteiger partial charge on any atom is 0.410 e. The first-order valence-corrected chi connectivity index (χ1v) is 18.0. The lowest BCUT2D eigenvalue weighted by Gasteiger charge is -2.42. The number of ether oxygens (including phenoxy) is 1. The molecule has 1 amide bonds. The summed E-state index contributed by atoms with van der Waals surface area (Å²) in [6.07, 6.45) is 1.49. The molecule has 2 aromatic rings. The Bertz CT molecular complexity index is 1250. The zero-order chi connectivity index (χ0) is 30.2. The Morgan fingerprint density at radius 2 is 1.93 bits per heavy atom. The number of hydrogen-bond donors (Lipinski definition) is 2. The molecule has 0 spiro atoms. The van der Waals surface area contributed by atoms with Gasteiger partial charge in [-0.2, -0.15) is 0 Å². The third-order valence-electron chi connectivity index (χ3n) is 7.74. The van der Waals surface area contributed by atoms with Crippen molar-refractivity contribution in [3.63, 3.8) is 0 Å². The Morgan fingerprint density at radius 1 is 1.27 bits per heavy atom. The molecule has 1 aromatic heterocycles. The molecule has 1 aliphatic heterocycles. The lowest BCUT2D eigenvalue weighted by Crippen LogP contribution is -2.51. The van der Waals surface area contributed by atoms with Gasteiger partial charge in [0.25, 0.3) is 0 Å². The minimum Gasteiger partial charge on any atom is -0.444 e. The first kappa shape index (κ1) is 33.3. The molecule has 1 aromatic carbocycles.